The molecule has 0 saturated carbocycles. The number of nitrogens with zero attached hydrogens (tertiary/aromatic N) is 1. The monoisotopic (exact) mass is 208 g/mol. The molecule has 0 aliphatic carbocycles. The molecule has 0 bridgehead atoms. The van der Waals surface area contributed by atoms with E-state index >= 15 is 0 Å². The third-order valence-electron chi connectivity index (χ3n) is 2.22. The third-order valence-corrected chi connectivity index (χ3v) is 2.22. The Kier molecular flexibility index (Phi) is 3.64. The summed E-state index contributed by atoms with van der Waals surface area (Å²) in [6, 6.07) is 3.82. The number of nitriles is 1. The number of phenolic OH excluding ortho intramolecular Hbond substituents is 1. The zero-order valence-electron chi connectivity index (χ0n) is 8.50. The van der Waals surface area contributed by atoms with Crippen LogP contribution in [0.15, 0.2) is 12.1 Å². The highest BCUT2D eigenvalue weighted by Gasteiger charge is 2.15. The maximum absolute atomic E-state index is 13.2. The molecule has 0 saturated heterocycles. The number of phenols is 1. The predicted octanol–water partition coefficient (Wildman–Crippen LogP) is 2.20. The SMILES string of the molecule is CCC[C@H](N)c1cc(C#N)cc(F)c1O. The molecule has 0 heterocycles. The quantitative estimate of drug-likeness (QED) is 0.800. The van der Waals surface area contributed by atoms with Gasteiger partial charge in [-0.05, 0) is 18.6 Å². The average molecular weight is 208 g/mol. The van der Waals surface area contributed by atoms with Crippen molar-refractivity contribution in [1.82, 2.24) is 0 Å². The van der Waals surface area contributed by atoms with E-state index in [0.29, 0.717) is 12.0 Å². The van der Waals surface area contributed by atoms with Crippen LogP contribution in [0.5, 0.6) is 5.75 Å². The molecule has 0 fully saturated rings. The van der Waals surface area contributed by atoms with E-state index in [2.05, 4.69) is 0 Å². The first-order chi connectivity index (χ1) is 7.10. The molecule has 4 heteroatoms. The number of halogens is 1. The minimum atomic E-state index is -0.796. The normalized spacial score (nSPS) is 12.1. The Morgan fingerprint density at radius 1 is 1.60 bits per heavy atom. The van der Waals surface area contributed by atoms with Gasteiger partial charge in [-0.25, -0.2) is 4.39 Å². The fourth-order valence-corrected chi connectivity index (χ4v) is 1.43. The van der Waals surface area contributed by atoms with Crippen molar-refractivity contribution in [2.45, 2.75) is 25.8 Å². The Balaban J connectivity index is 3.16. The molecule has 1 aromatic rings. The molecule has 0 spiro atoms. The van der Waals surface area contributed by atoms with Crippen molar-refractivity contribution in [2.24, 2.45) is 5.73 Å². The van der Waals surface area contributed by atoms with E-state index in [0.717, 1.165) is 12.5 Å². The van der Waals surface area contributed by atoms with Crippen molar-refractivity contribution >= 4 is 0 Å². The highest BCUT2D eigenvalue weighted by Crippen LogP contribution is 2.29. The second-order valence-corrected chi connectivity index (χ2v) is 3.40. The standard InChI is InChI=1S/C11H13FN2O/c1-2-3-10(14)8-4-7(6-13)5-9(12)11(8)15/h4-5,10,15H,2-3,14H2,1H3/t10-/m0/s1. The summed E-state index contributed by atoms with van der Waals surface area (Å²) in [4.78, 5) is 0. The van der Waals surface area contributed by atoms with Crippen molar-refractivity contribution < 1.29 is 9.50 Å². The van der Waals surface area contributed by atoms with Gasteiger partial charge in [-0.3, -0.25) is 0 Å². The largest absolute Gasteiger partial charge is 0.505 e. The molecule has 3 N–H and O–H groups in total. The molecule has 1 aromatic carbocycles. The lowest BCUT2D eigenvalue weighted by Crippen LogP contribution is -2.10. The van der Waals surface area contributed by atoms with Gasteiger partial charge in [-0.1, -0.05) is 13.3 Å². The van der Waals surface area contributed by atoms with Crippen LogP contribution in [0.25, 0.3) is 0 Å². The Morgan fingerprint density at radius 3 is 2.80 bits per heavy atom. The summed E-state index contributed by atoms with van der Waals surface area (Å²) >= 11 is 0. The van der Waals surface area contributed by atoms with Crippen molar-refractivity contribution in [3.05, 3.63) is 29.1 Å². The van der Waals surface area contributed by atoms with Crippen LogP contribution in [0, 0.1) is 17.1 Å². The Labute approximate surface area is 87.9 Å². The summed E-state index contributed by atoms with van der Waals surface area (Å²) in [5.41, 5.74) is 6.24. The van der Waals surface area contributed by atoms with E-state index in [1.165, 1.54) is 6.07 Å². The molecule has 0 radical (unpaired) electrons. The molecule has 15 heavy (non-hydrogen) atoms. The van der Waals surface area contributed by atoms with Crippen LogP contribution in [0.1, 0.15) is 36.9 Å². The van der Waals surface area contributed by atoms with Crippen LogP contribution in [-0.2, 0) is 0 Å². The number of hydrogen-bond donors (Lipinski definition) is 2. The van der Waals surface area contributed by atoms with Crippen LogP contribution in [0.3, 0.4) is 0 Å². The summed E-state index contributed by atoms with van der Waals surface area (Å²) in [6.07, 6.45) is 1.47. The number of nitrogens with two attached hydrogens (primary N) is 1. The number of rotatable bonds is 3. The Bertz CT molecular complexity index is 398. The van der Waals surface area contributed by atoms with Crippen LogP contribution >= 0.6 is 0 Å². The third kappa shape index (κ3) is 2.45. The lowest BCUT2D eigenvalue weighted by molar-refractivity contribution is 0.418. The van der Waals surface area contributed by atoms with Crippen LogP contribution < -0.4 is 5.73 Å². The zero-order valence-corrected chi connectivity index (χ0v) is 8.50. The molecular weight excluding hydrogens is 195 g/mol. The zero-order chi connectivity index (χ0) is 11.4. The molecule has 1 atom stereocenters. The van der Waals surface area contributed by atoms with Gasteiger partial charge in [0.25, 0.3) is 0 Å². The molecule has 1 rings (SSSR count). The van der Waals surface area contributed by atoms with Crippen LogP contribution in [0.2, 0.25) is 0 Å². The highest BCUT2D eigenvalue weighted by molar-refractivity contribution is 5.43. The number of aromatic hydroxyl groups is 1. The fourth-order valence-electron chi connectivity index (χ4n) is 1.43. The second-order valence-electron chi connectivity index (χ2n) is 3.40. The molecular formula is C11H13FN2O. The van der Waals surface area contributed by atoms with Gasteiger partial charge < -0.3 is 10.8 Å². The van der Waals surface area contributed by atoms with Gasteiger partial charge in [0.15, 0.2) is 11.6 Å². The molecule has 0 amide bonds. The van der Waals surface area contributed by atoms with E-state index < -0.39 is 17.6 Å². The Hall–Kier alpha value is -1.60. The topological polar surface area (TPSA) is 70.0 Å². The van der Waals surface area contributed by atoms with Crippen molar-refractivity contribution in [2.75, 3.05) is 0 Å². The van der Waals surface area contributed by atoms with Gasteiger partial charge in [0.05, 0.1) is 11.6 Å². The maximum atomic E-state index is 13.2. The highest BCUT2D eigenvalue weighted by atomic mass is 19.1. The van der Waals surface area contributed by atoms with E-state index in [9.17, 15) is 9.50 Å². The minimum absolute atomic E-state index is 0.173. The second kappa shape index (κ2) is 4.76. The molecule has 0 unspecified atom stereocenters. The van der Waals surface area contributed by atoms with Gasteiger partial charge in [0.1, 0.15) is 0 Å². The van der Waals surface area contributed by atoms with Gasteiger partial charge >= 0.3 is 0 Å². The van der Waals surface area contributed by atoms with E-state index in [1.54, 1.807) is 0 Å². The first kappa shape index (κ1) is 11.5. The van der Waals surface area contributed by atoms with E-state index in [-0.39, 0.29) is 5.56 Å². The van der Waals surface area contributed by atoms with Gasteiger partial charge in [0, 0.05) is 11.6 Å². The molecule has 0 aliphatic rings. The first-order valence-corrected chi connectivity index (χ1v) is 4.78. The van der Waals surface area contributed by atoms with Crippen LogP contribution in [0.4, 0.5) is 4.39 Å². The number of benzene rings is 1. The lowest BCUT2D eigenvalue weighted by Gasteiger charge is -2.13. The van der Waals surface area contributed by atoms with E-state index in [1.807, 2.05) is 13.0 Å². The summed E-state index contributed by atoms with van der Waals surface area (Å²) in [5, 5.41) is 18.1. The summed E-state index contributed by atoms with van der Waals surface area (Å²) < 4.78 is 13.2. The van der Waals surface area contributed by atoms with Crippen molar-refractivity contribution in [3.8, 4) is 11.8 Å². The number of hydrogen-bond acceptors (Lipinski definition) is 3. The lowest BCUT2D eigenvalue weighted by atomic mass is 10.00. The summed E-state index contributed by atoms with van der Waals surface area (Å²) in [5.74, 6) is -1.24. The van der Waals surface area contributed by atoms with Gasteiger partial charge in [-0.15, -0.1) is 0 Å². The first-order valence-electron chi connectivity index (χ1n) is 4.78. The van der Waals surface area contributed by atoms with Gasteiger partial charge in [-0.2, -0.15) is 5.26 Å². The van der Waals surface area contributed by atoms with Crippen molar-refractivity contribution in [3.63, 3.8) is 0 Å². The fraction of sp³-hybridized carbons (Fsp3) is 0.364. The average Bonchev–Trinajstić information content (AvgIpc) is 2.22. The van der Waals surface area contributed by atoms with Crippen molar-refractivity contribution in [1.29, 1.82) is 5.26 Å². The Morgan fingerprint density at radius 2 is 2.27 bits per heavy atom. The molecule has 3 nitrogen and oxygen atoms in total. The summed E-state index contributed by atoms with van der Waals surface area (Å²) in [7, 11) is 0. The molecule has 0 aromatic heterocycles. The maximum Gasteiger partial charge on any atom is 0.166 e. The van der Waals surface area contributed by atoms with Crippen LogP contribution in [-0.4, -0.2) is 5.11 Å². The predicted molar refractivity (Wildman–Crippen MR) is 54.6 cm³/mol. The van der Waals surface area contributed by atoms with Gasteiger partial charge in [0.2, 0.25) is 0 Å². The smallest absolute Gasteiger partial charge is 0.166 e. The minimum Gasteiger partial charge on any atom is -0.505 e. The molecule has 80 valence electrons. The molecule has 0 aliphatic heterocycles. The summed E-state index contributed by atoms with van der Waals surface area (Å²) in [6.45, 7) is 1.95. The van der Waals surface area contributed by atoms with E-state index in [4.69, 9.17) is 11.0 Å².